The van der Waals surface area contributed by atoms with Crippen LogP contribution in [0.15, 0.2) is 30.6 Å². The maximum Gasteiger partial charge on any atom is 0.231 e. The number of aryl methyl sites for hydroxylation is 1. The Morgan fingerprint density at radius 3 is 2.58 bits per heavy atom. The molecule has 2 fully saturated rings. The van der Waals surface area contributed by atoms with Crippen molar-refractivity contribution in [1.82, 2.24) is 20.2 Å². The first-order chi connectivity index (χ1) is 16.0. The average molecular weight is 450 g/mol. The first-order valence-corrected chi connectivity index (χ1v) is 12.3. The third-order valence-electron chi connectivity index (χ3n) is 7.43. The highest BCUT2D eigenvalue weighted by Gasteiger charge is 2.35. The van der Waals surface area contributed by atoms with E-state index in [-0.39, 0.29) is 17.7 Å². The van der Waals surface area contributed by atoms with Gasteiger partial charge >= 0.3 is 0 Å². The Morgan fingerprint density at radius 2 is 1.88 bits per heavy atom. The monoisotopic (exact) mass is 449 g/mol. The zero-order valence-electron chi connectivity index (χ0n) is 19.7. The molecule has 1 saturated heterocycles. The van der Waals surface area contributed by atoms with Crippen LogP contribution in [0.4, 0.5) is 5.82 Å². The standard InChI is InChI=1S/C26H35N5O2/c1-17-3-7-20(8-4-17)21(15-27-14-19-5-6-19)26(33)31-11-9-30(10-12-31)25-23-18(2)13-22(32)24(23)28-16-29-25/h3-4,7-8,16,18-19,21-22,27,32H,5-6,9-15H2,1-2H3/t18-,21-,22+/m1/s1. The number of aromatic nitrogens is 2. The summed E-state index contributed by atoms with van der Waals surface area (Å²) in [5.41, 5.74) is 4.15. The van der Waals surface area contributed by atoms with Gasteiger partial charge in [-0.1, -0.05) is 36.8 Å². The van der Waals surface area contributed by atoms with Crippen molar-refractivity contribution < 1.29 is 9.90 Å². The molecule has 0 radical (unpaired) electrons. The maximum absolute atomic E-state index is 13.6. The van der Waals surface area contributed by atoms with Crippen LogP contribution in [-0.2, 0) is 4.79 Å². The van der Waals surface area contributed by atoms with Gasteiger partial charge in [-0.2, -0.15) is 0 Å². The van der Waals surface area contributed by atoms with Crippen LogP contribution < -0.4 is 10.2 Å². The fraction of sp³-hybridized carbons (Fsp3) is 0.577. The van der Waals surface area contributed by atoms with Crippen molar-refractivity contribution in [2.75, 3.05) is 44.2 Å². The summed E-state index contributed by atoms with van der Waals surface area (Å²) in [6.07, 6.45) is 4.37. The van der Waals surface area contributed by atoms with Gasteiger partial charge in [0.1, 0.15) is 12.1 Å². The lowest BCUT2D eigenvalue weighted by molar-refractivity contribution is -0.133. The van der Waals surface area contributed by atoms with Crippen molar-refractivity contribution in [2.24, 2.45) is 5.92 Å². The molecule has 33 heavy (non-hydrogen) atoms. The van der Waals surface area contributed by atoms with E-state index in [1.54, 1.807) is 6.33 Å². The second-order valence-corrected chi connectivity index (χ2v) is 10.0. The highest BCUT2D eigenvalue weighted by molar-refractivity contribution is 5.84. The number of hydrogen-bond donors (Lipinski definition) is 2. The Hall–Kier alpha value is -2.51. The predicted octanol–water partition coefficient (Wildman–Crippen LogP) is 2.76. The fourth-order valence-electron chi connectivity index (χ4n) is 5.21. The van der Waals surface area contributed by atoms with Crippen LogP contribution in [0, 0.1) is 12.8 Å². The number of anilines is 1. The number of carbonyl (C=O) groups is 1. The maximum atomic E-state index is 13.6. The van der Waals surface area contributed by atoms with E-state index in [2.05, 4.69) is 58.3 Å². The molecule has 0 spiro atoms. The molecule has 2 aromatic rings. The third kappa shape index (κ3) is 4.75. The SMILES string of the molecule is Cc1ccc([C@@H](CNCC2CC2)C(=O)N2CCN(c3ncnc4c3[C@H](C)C[C@@H]4O)CC2)cc1. The summed E-state index contributed by atoms with van der Waals surface area (Å²) >= 11 is 0. The van der Waals surface area contributed by atoms with Gasteiger partial charge in [0, 0.05) is 38.3 Å². The van der Waals surface area contributed by atoms with Gasteiger partial charge in [0.05, 0.1) is 17.7 Å². The van der Waals surface area contributed by atoms with Crippen LogP contribution >= 0.6 is 0 Å². The first kappa shape index (κ1) is 22.3. The van der Waals surface area contributed by atoms with Crippen molar-refractivity contribution in [3.05, 3.63) is 53.0 Å². The van der Waals surface area contributed by atoms with E-state index in [4.69, 9.17) is 0 Å². The van der Waals surface area contributed by atoms with E-state index in [1.165, 1.54) is 18.4 Å². The highest BCUT2D eigenvalue weighted by atomic mass is 16.3. The van der Waals surface area contributed by atoms with E-state index in [0.717, 1.165) is 48.2 Å². The van der Waals surface area contributed by atoms with Crippen molar-refractivity contribution in [2.45, 2.75) is 51.0 Å². The first-order valence-electron chi connectivity index (χ1n) is 12.3. The second kappa shape index (κ2) is 9.39. The molecule has 1 aromatic carbocycles. The highest BCUT2D eigenvalue weighted by Crippen LogP contribution is 2.42. The van der Waals surface area contributed by atoms with Gasteiger partial charge in [-0.05, 0) is 50.1 Å². The Balaban J connectivity index is 1.27. The van der Waals surface area contributed by atoms with Crippen molar-refractivity contribution in [1.29, 1.82) is 0 Å². The molecular formula is C26H35N5O2. The van der Waals surface area contributed by atoms with Gasteiger partial charge in [-0.15, -0.1) is 0 Å². The summed E-state index contributed by atoms with van der Waals surface area (Å²) in [5.74, 6) is 2.01. The van der Waals surface area contributed by atoms with Crippen LogP contribution in [0.1, 0.15) is 66.5 Å². The quantitative estimate of drug-likeness (QED) is 0.677. The number of rotatable bonds is 7. The minimum atomic E-state index is -0.502. The number of aliphatic hydroxyl groups excluding tert-OH is 1. The number of carbonyl (C=O) groups excluding carboxylic acids is 1. The summed E-state index contributed by atoms with van der Waals surface area (Å²) in [6, 6.07) is 8.40. The molecule has 0 unspecified atom stereocenters. The largest absolute Gasteiger partial charge is 0.387 e. The molecule has 3 aliphatic rings. The molecule has 1 amide bonds. The van der Waals surface area contributed by atoms with Crippen molar-refractivity contribution in [3.63, 3.8) is 0 Å². The lowest BCUT2D eigenvalue weighted by Crippen LogP contribution is -2.51. The van der Waals surface area contributed by atoms with Crippen LogP contribution in [0.3, 0.4) is 0 Å². The summed E-state index contributed by atoms with van der Waals surface area (Å²) in [5, 5.41) is 13.9. The molecule has 1 aromatic heterocycles. The lowest BCUT2D eigenvalue weighted by Gasteiger charge is -2.38. The minimum Gasteiger partial charge on any atom is -0.387 e. The van der Waals surface area contributed by atoms with Crippen LogP contribution in [0.25, 0.3) is 0 Å². The lowest BCUT2D eigenvalue weighted by atomic mass is 9.96. The van der Waals surface area contributed by atoms with E-state index >= 15 is 0 Å². The molecule has 176 valence electrons. The Morgan fingerprint density at radius 1 is 1.15 bits per heavy atom. The minimum absolute atomic E-state index is 0.158. The zero-order chi connectivity index (χ0) is 22.9. The molecule has 1 saturated carbocycles. The summed E-state index contributed by atoms with van der Waals surface area (Å²) in [7, 11) is 0. The number of amides is 1. The molecule has 7 nitrogen and oxygen atoms in total. The van der Waals surface area contributed by atoms with Gasteiger partial charge in [0.15, 0.2) is 0 Å². The summed E-state index contributed by atoms with van der Waals surface area (Å²) in [4.78, 5) is 26.8. The van der Waals surface area contributed by atoms with Gasteiger partial charge < -0.3 is 20.2 Å². The number of fused-ring (bicyclic) bond motifs is 1. The van der Waals surface area contributed by atoms with E-state index in [9.17, 15) is 9.90 Å². The predicted molar refractivity (Wildman–Crippen MR) is 128 cm³/mol. The second-order valence-electron chi connectivity index (χ2n) is 10.0. The molecule has 2 N–H and O–H groups in total. The van der Waals surface area contributed by atoms with Gasteiger partial charge in [-0.3, -0.25) is 4.79 Å². The summed E-state index contributed by atoms with van der Waals surface area (Å²) < 4.78 is 0. The van der Waals surface area contributed by atoms with Gasteiger partial charge in [0.2, 0.25) is 5.91 Å². The molecular weight excluding hydrogens is 414 g/mol. The Bertz CT molecular complexity index is 983. The molecule has 2 heterocycles. The molecule has 3 atom stereocenters. The van der Waals surface area contributed by atoms with Gasteiger partial charge in [0.25, 0.3) is 0 Å². The smallest absolute Gasteiger partial charge is 0.231 e. The molecule has 0 bridgehead atoms. The Labute approximate surface area is 196 Å². The number of aliphatic hydroxyl groups is 1. The topological polar surface area (TPSA) is 81.6 Å². The normalized spacial score (nSPS) is 23.5. The van der Waals surface area contributed by atoms with Crippen molar-refractivity contribution in [3.8, 4) is 0 Å². The number of nitrogens with one attached hydrogen (secondary N) is 1. The molecule has 1 aliphatic heterocycles. The zero-order valence-corrected chi connectivity index (χ0v) is 19.7. The van der Waals surface area contributed by atoms with Gasteiger partial charge in [-0.25, -0.2) is 9.97 Å². The average Bonchev–Trinajstić information content (AvgIpc) is 3.61. The Kier molecular flexibility index (Phi) is 6.34. The van der Waals surface area contributed by atoms with E-state index in [1.807, 2.05) is 4.90 Å². The van der Waals surface area contributed by atoms with Crippen LogP contribution in [0.2, 0.25) is 0 Å². The van der Waals surface area contributed by atoms with Crippen LogP contribution in [-0.4, -0.2) is 65.2 Å². The number of benzene rings is 1. The number of hydrogen-bond acceptors (Lipinski definition) is 6. The fourth-order valence-corrected chi connectivity index (χ4v) is 5.21. The molecule has 2 aliphatic carbocycles. The number of nitrogens with zero attached hydrogens (tertiary/aromatic N) is 4. The summed E-state index contributed by atoms with van der Waals surface area (Å²) in [6.45, 7) is 8.75. The van der Waals surface area contributed by atoms with Crippen LogP contribution in [0.5, 0.6) is 0 Å². The van der Waals surface area contributed by atoms with E-state index in [0.29, 0.717) is 26.1 Å². The molecule has 5 rings (SSSR count). The van der Waals surface area contributed by atoms with Crippen molar-refractivity contribution >= 4 is 11.7 Å². The number of piperazine rings is 1. The van der Waals surface area contributed by atoms with E-state index < -0.39 is 6.10 Å². The molecule has 7 heteroatoms. The third-order valence-corrected chi connectivity index (χ3v) is 7.43.